The molecule has 1 amide bonds. The molecule has 5 heteroatoms. The summed E-state index contributed by atoms with van der Waals surface area (Å²) in [5, 5.41) is 6.31. The Balaban J connectivity index is 1.76. The molecule has 0 atom stereocenters. The number of carbonyl (C=O) groups is 1. The molecular formula is C14H20BrN3O. The number of halogens is 1. The second-order valence-electron chi connectivity index (χ2n) is 4.75. The van der Waals surface area contributed by atoms with Gasteiger partial charge in [0.05, 0.1) is 6.54 Å². The van der Waals surface area contributed by atoms with Crippen LogP contribution in [0, 0.1) is 0 Å². The van der Waals surface area contributed by atoms with Crippen molar-refractivity contribution in [2.75, 3.05) is 32.7 Å². The molecule has 1 aromatic carbocycles. The number of rotatable bonds is 4. The molecule has 0 spiro atoms. The third kappa shape index (κ3) is 4.93. The number of amides is 1. The lowest BCUT2D eigenvalue weighted by molar-refractivity contribution is -0.122. The van der Waals surface area contributed by atoms with Crippen LogP contribution in [-0.4, -0.2) is 43.5 Å². The Labute approximate surface area is 122 Å². The monoisotopic (exact) mass is 325 g/mol. The minimum atomic E-state index is 0.0950. The number of carbonyl (C=O) groups excluding carboxylic acids is 1. The number of hydrogen-bond acceptors (Lipinski definition) is 3. The lowest BCUT2D eigenvalue weighted by atomic mass is 10.2. The molecule has 2 N–H and O–H groups in total. The standard InChI is InChI=1S/C14H20BrN3O/c15-13-5-2-1-4-12(13)10-17-14(19)11-18-8-3-6-16-7-9-18/h1-2,4-5,16H,3,6-11H2,(H,17,19). The van der Waals surface area contributed by atoms with E-state index in [4.69, 9.17) is 0 Å². The van der Waals surface area contributed by atoms with Gasteiger partial charge in [-0.3, -0.25) is 9.69 Å². The lowest BCUT2D eigenvalue weighted by Gasteiger charge is -2.18. The molecular weight excluding hydrogens is 306 g/mol. The molecule has 1 fully saturated rings. The van der Waals surface area contributed by atoms with E-state index in [2.05, 4.69) is 31.5 Å². The van der Waals surface area contributed by atoms with Crippen LogP contribution < -0.4 is 10.6 Å². The van der Waals surface area contributed by atoms with Crippen LogP contribution in [0.25, 0.3) is 0 Å². The summed E-state index contributed by atoms with van der Waals surface area (Å²) in [5.41, 5.74) is 1.10. The van der Waals surface area contributed by atoms with Gasteiger partial charge in [0, 0.05) is 24.1 Å². The summed E-state index contributed by atoms with van der Waals surface area (Å²) in [7, 11) is 0. The van der Waals surface area contributed by atoms with Crippen molar-refractivity contribution in [2.24, 2.45) is 0 Å². The van der Waals surface area contributed by atoms with Gasteiger partial charge < -0.3 is 10.6 Å². The van der Waals surface area contributed by atoms with Crippen LogP contribution in [0.15, 0.2) is 28.7 Å². The molecule has 1 aliphatic rings. The molecule has 4 nitrogen and oxygen atoms in total. The van der Waals surface area contributed by atoms with E-state index < -0.39 is 0 Å². The highest BCUT2D eigenvalue weighted by molar-refractivity contribution is 9.10. The highest BCUT2D eigenvalue weighted by Crippen LogP contribution is 2.15. The van der Waals surface area contributed by atoms with E-state index >= 15 is 0 Å². The molecule has 1 heterocycles. The third-order valence-corrected chi connectivity index (χ3v) is 4.01. The van der Waals surface area contributed by atoms with Gasteiger partial charge >= 0.3 is 0 Å². The molecule has 0 aliphatic carbocycles. The number of hydrogen-bond donors (Lipinski definition) is 2. The Hall–Kier alpha value is -0.910. The first-order valence-electron chi connectivity index (χ1n) is 6.69. The predicted octanol–water partition coefficient (Wildman–Crippen LogP) is 1.36. The fraction of sp³-hybridized carbons (Fsp3) is 0.500. The molecule has 1 aliphatic heterocycles. The molecule has 104 valence electrons. The second kappa shape index (κ2) is 7.62. The minimum Gasteiger partial charge on any atom is -0.351 e. The van der Waals surface area contributed by atoms with Gasteiger partial charge in [-0.15, -0.1) is 0 Å². The van der Waals surface area contributed by atoms with Crippen molar-refractivity contribution in [3.05, 3.63) is 34.3 Å². The van der Waals surface area contributed by atoms with Crippen molar-refractivity contribution < 1.29 is 4.79 Å². The van der Waals surface area contributed by atoms with Gasteiger partial charge in [-0.1, -0.05) is 34.1 Å². The largest absolute Gasteiger partial charge is 0.351 e. The Morgan fingerprint density at radius 2 is 2.16 bits per heavy atom. The maximum atomic E-state index is 11.9. The first kappa shape index (κ1) is 14.5. The Morgan fingerprint density at radius 1 is 1.32 bits per heavy atom. The van der Waals surface area contributed by atoms with Crippen LogP contribution in [0.2, 0.25) is 0 Å². The van der Waals surface area contributed by atoms with Crippen LogP contribution in [-0.2, 0) is 11.3 Å². The van der Waals surface area contributed by atoms with E-state index in [-0.39, 0.29) is 5.91 Å². The summed E-state index contributed by atoms with van der Waals surface area (Å²) in [4.78, 5) is 14.1. The van der Waals surface area contributed by atoms with E-state index in [1.54, 1.807) is 0 Å². The fourth-order valence-electron chi connectivity index (χ4n) is 2.15. The zero-order valence-electron chi connectivity index (χ0n) is 11.0. The SMILES string of the molecule is O=C(CN1CCCNCC1)NCc1ccccc1Br. The summed E-state index contributed by atoms with van der Waals surface area (Å²) in [6, 6.07) is 7.95. The summed E-state index contributed by atoms with van der Waals surface area (Å²) in [6.45, 7) is 5.03. The van der Waals surface area contributed by atoms with Crippen LogP contribution >= 0.6 is 15.9 Å². The van der Waals surface area contributed by atoms with Crippen LogP contribution in [0.4, 0.5) is 0 Å². The van der Waals surface area contributed by atoms with Crippen molar-refractivity contribution in [1.29, 1.82) is 0 Å². The quantitative estimate of drug-likeness (QED) is 0.878. The number of nitrogens with one attached hydrogen (secondary N) is 2. The van der Waals surface area contributed by atoms with Crippen LogP contribution in [0.5, 0.6) is 0 Å². The van der Waals surface area contributed by atoms with Crippen molar-refractivity contribution in [2.45, 2.75) is 13.0 Å². The van der Waals surface area contributed by atoms with Gasteiger partial charge in [-0.2, -0.15) is 0 Å². The molecule has 1 aromatic rings. The van der Waals surface area contributed by atoms with Gasteiger partial charge in [-0.25, -0.2) is 0 Å². The summed E-state index contributed by atoms with van der Waals surface area (Å²) in [6.07, 6.45) is 1.11. The Morgan fingerprint density at radius 3 is 3.00 bits per heavy atom. The van der Waals surface area contributed by atoms with E-state index in [1.165, 1.54) is 0 Å². The molecule has 0 aromatic heterocycles. The minimum absolute atomic E-state index is 0.0950. The zero-order valence-corrected chi connectivity index (χ0v) is 12.6. The van der Waals surface area contributed by atoms with Crippen molar-refractivity contribution in [3.63, 3.8) is 0 Å². The van der Waals surface area contributed by atoms with Gasteiger partial charge in [0.15, 0.2) is 0 Å². The van der Waals surface area contributed by atoms with Crippen LogP contribution in [0.1, 0.15) is 12.0 Å². The highest BCUT2D eigenvalue weighted by Gasteiger charge is 2.12. The average Bonchev–Trinajstić information content (AvgIpc) is 2.66. The summed E-state index contributed by atoms with van der Waals surface area (Å²) >= 11 is 3.49. The van der Waals surface area contributed by atoms with Crippen LogP contribution in [0.3, 0.4) is 0 Å². The maximum Gasteiger partial charge on any atom is 0.234 e. The topological polar surface area (TPSA) is 44.4 Å². The zero-order chi connectivity index (χ0) is 13.5. The van der Waals surface area contributed by atoms with Gasteiger partial charge in [0.1, 0.15) is 0 Å². The van der Waals surface area contributed by atoms with Crippen molar-refractivity contribution in [1.82, 2.24) is 15.5 Å². The summed E-state index contributed by atoms with van der Waals surface area (Å²) < 4.78 is 1.04. The first-order chi connectivity index (χ1) is 9.25. The molecule has 1 saturated heterocycles. The molecule has 2 rings (SSSR count). The smallest absolute Gasteiger partial charge is 0.234 e. The molecule has 0 saturated carbocycles. The Kier molecular flexibility index (Phi) is 5.82. The third-order valence-electron chi connectivity index (χ3n) is 3.23. The number of benzene rings is 1. The van der Waals surface area contributed by atoms with E-state index in [0.717, 1.165) is 42.6 Å². The second-order valence-corrected chi connectivity index (χ2v) is 5.60. The molecule has 0 unspecified atom stereocenters. The molecule has 0 radical (unpaired) electrons. The molecule has 19 heavy (non-hydrogen) atoms. The first-order valence-corrected chi connectivity index (χ1v) is 7.48. The maximum absolute atomic E-state index is 11.9. The van der Waals surface area contributed by atoms with E-state index in [9.17, 15) is 4.79 Å². The van der Waals surface area contributed by atoms with E-state index in [0.29, 0.717) is 13.1 Å². The fourth-order valence-corrected chi connectivity index (χ4v) is 2.58. The van der Waals surface area contributed by atoms with Gasteiger partial charge in [0.25, 0.3) is 0 Å². The van der Waals surface area contributed by atoms with Crippen molar-refractivity contribution in [3.8, 4) is 0 Å². The van der Waals surface area contributed by atoms with Gasteiger partial charge in [-0.05, 0) is 31.1 Å². The number of nitrogens with zero attached hydrogens (tertiary/aromatic N) is 1. The summed E-state index contributed by atoms with van der Waals surface area (Å²) in [5.74, 6) is 0.0950. The van der Waals surface area contributed by atoms with E-state index in [1.807, 2.05) is 24.3 Å². The highest BCUT2D eigenvalue weighted by atomic mass is 79.9. The average molecular weight is 326 g/mol. The Bertz CT molecular complexity index is 417. The predicted molar refractivity (Wildman–Crippen MR) is 79.9 cm³/mol. The normalized spacial score (nSPS) is 16.9. The lowest BCUT2D eigenvalue weighted by Crippen LogP contribution is -2.38. The molecule has 0 bridgehead atoms. The van der Waals surface area contributed by atoms with Gasteiger partial charge in [0.2, 0.25) is 5.91 Å². The van der Waals surface area contributed by atoms with Crippen molar-refractivity contribution >= 4 is 21.8 Å².